The van der Waals surface area contributed by atoms with Crippen molar-refractivity contribution < 1.29 is 4.74 Å². The molecule has 1 atom stereocenters. The molecule has 0 amide bonds. The average molecular weight is 320 g/mol. The SMILES string of the molecule is C=C(CCC[C@H](CCCC)Nc1nc(N)ncc1OC)C(C)C. The minimum Gasteiger partial charge on any atom is -0.491 e. The van der Waals surface area contributed by atoms with Crippen LogP contribution in [0.15, 0.2) is 18.3 Å². The summed E-state index contributed by atoms with van der Waals surface area (Å²) in [4.78, 5) is 8.25. The fraction of sp³-hybridized carbons (Fsp3) is 0.667. The first-order chi connectivity index (χ1) is 11.0. The molecule has 1 aromatic rings. The number of nitrogens with one attached hydrogen (secondary N) is 1. The fourth-order valence-electron chi connectivity index (χ4n) is 2.43. The molecule has 0 unspecified atom stereocenters. The minimum absolute atomic E-state index is 0.260. The van der Waals surface area contributed by atoms with E-state index in [0.717, 1.165) is 25.7 Å². The van der Waals surface area contributed by atoms with Crippen LogP contribution in [0.3, 0.4) is 0 Å². The van der Waals surface area contributed by atoms with Crippen LogP contribution in [0.2, 0.25) is 0 Å². The molecule has 5 nitrogen and oxygen atoms in total. The van der Waals surface area contributed by atoms with Crippen LogP contribution in [-0.4, -0.2) is 23.1 Å². The summed E-state index contributed by atoms with van der Waals surface area (Å²) in [6.45, 7) is 10.8. The fourth-order valence-corrected chi connectivity index (χ4v) is 2.43. The topological polar surface area (TPSA) is 73.1 Å². The number of ether oxygens (including phenoxy) is 1. The second-order valence-corrected chi connectivity index (χ2v) is 6.33. The lowest BCUT2D eigenvalue weighted by atomic mass is 9.96. The smallest absolute Gasteiger partial charge is 0.222 e. The number of aromatic nitrogens is 2. The van der Waals surface area contributed by atoms with Crippen LogP contribution in [0.4, 0.5) is 11.8 Å². The van der Waals surface area contributed by atoms with Crippen molar-refractivity contribution in [3.63, 3.8) is 0 Å². The number of hydrogen-bond donors (Lipinski definition) is 2. The first-order valence-electron chi connectivity index (χ1n) is 8.58. The zero-order valence-electron chi connectivity index (χ0n) is 15.1. The molecule has 0 aliphatic rings. The first kappa shape index (κ1) is 19.3. The van der Waals surface area contributed by atoms with Gasteiger partial charge in [-0.3, -0.25) is 0 Å². The molecule has 3 N–H and O–H groups in total. The van der Waals surface area contributed by atoms with Gasteiger partial charge in [-0.2, -0.15) is 4.98 Å². The lowest BCUT2D eigenvalue weighted by molar-refractivity contribution is 0.411. The number of hydrogen-bond acceptors (Lipinski definition) is 5. The number of anilines is 2. The summed E-state index contributed by atoms with van der Waals surface area (Å²) in [5.41, 5.74) is 7.02. The largest absolute Gasteiger partial charge is 0.491 e. The summed E-state index contributed by atoms with van der Waals surface area (Å²) in [6, 6.07) is 0.359. The predicted octanol–water partition coefficient (Wildman–Crippen LogP) is 4.42. The second-order valence-electron chi connectivity index (χ2n) is 6.33. The lowest BCUT2D eigenvalue weighted by Crippen LogP contribution is -2.21. The zero-order valence-corrected chi connectivity index (χ0v) is 15.1. The van der Waals surface area contributed by atoms with Crippen molar-refractivity contribution in [2.75, 3.05) is 18.2 Å². The Morgan fingerprint density at radius 2 is 2.04 bits per heavy atom. The Labute approximate surface area is 140 Å². The van der Waals surface area contributed by atoms with Crippen molar-refractivity contribution in [2.45, 2.75) is 65.3 Å². The van der Waals surface area contributed by atoms with E-state index in [1.807, 2.05) is 0 Å². The van der Waals surface area contributed by atoms with E-state index in [2.05, 4.69) is 42.6 Å². The zero-order chi connectivity index (χ0) is 17.2. The average Bonchev–Trinajstić information content (AvgIpc) is 2.52. The Morgan fingerprint density at radius 1 is 1.35 bits per heavy atom. The highest BCUT2D eigenvalue weighted by Crippen LogP contribution is 2.25. The predicted molar refractivity (Wildman–Crippen MR) is 97.8 cm³/mol. The van der Waals surface area contributed by atoms with Crippen LogP contribution in [0.5, 0.6) is 5.75 Å². The van der Waals surface area contributed by atoms with Crippen molar-refractivity contribution in [3.05, 3.63) is 18.3 Å². The maximum absolute atomic E-state index is 5.70. The molecule has 0 aliphatic carbocycles. The minimum atomic E-state index is 0.260. The van der Waals surface area contributed by atoms with Crippen molar-refractivity contribution >= 4 is 11.8 Å². The molecule has 0 saturated heterocycles. The van der Waals surface area contributed by atoms with Crippen LogP contribution in [0.25, 0.3) is 0 Å². The molecule has 0 bridgehead atoms. The molecule has 1 rings (SSSR count). The highest BCUT2D eigenvalue weighted by molar-refractivity contribution is 5.51. The van der Waals surface area contributed by atoms with E-state index < -0.39 is 0 Å². The van der Waals surface area contributed by atoms with E-state index in [1.165, 1.54) is 18.4 Å². The highest BCUT2D eigenvalue weighted by atomic mass is 16.5. The van der Waals surface area contributed by atoms with E-state index >= 15 is 0 Å². The van der Waals surface area contributed by atoms with Gasteiger partial charge in [-0.05, 0) is 31.6 Å². The van der Waals surface area contributed by atoms with Crippen molar-refractivity contribution in [2.24, 2.45) is 5.92 Å². The van der Waals surface area contributed by atoms with Gasteiger partial charge in [0.2, 0.25) is 5.95 Å². The van der Waals surface area contributed by atoms with Crippen LogP contribution in [0.1, 0.15) is 59.3 Å². The van der Waals surface area contributed by atoms with Gasteiger partial charge >= 0.3 is 0 Å². The Balaban J connectivity index is 2.67. The maximum Gasteiger partial charge on any atom is 0.222 e. The van der Waals surface area contributed by atoms with Gasteiger partial charge in [0.25, 0.3) is 0 Å². The Kier molecular flexibility index (Phi) is 8.45. The first-order valence-corrected chi connectivity index (χ1v) is 8.58. The van der Waals surface area contributed by atoms with E-state index in [4.69, 9.17) is 10.5 Å². The molecule has 5 heteroatoms. The van der Waals surface area contributed by atoms with E-state index in [0.29, 0.717) is 23.5 Å². The molecule has 0 aromatic carbocycles. The number of nitrogens with two attached hydrogens (primary N) is 1. The van der Waals surface area contributed by atoms with Gasteiger partial charge in [0.1, 0.15) is 0 Å². The second kappa shape index (κ2) is 10.1. The Hall–Kier alpha value is -1.78. The molecule has 1 aromatic heterocycles. The van der Waals surface area contributed by atoms with Gasteiger partial charge in [0.15, 0.2) is 11.6 Å². The van der Waals surface area contributed by atoms with Crippen LogP contribution >= 0.6 is 0 Å². The lowest BCUT2D eigenvalue weighted by Gasteiger charge is -2.21. The standard InChI is InChI=1S/C18H32N4O/c1-6-7-10-15(11-8-9-14(4)13(2)3)21-17-16(23-5)12-20-18(19)22-17/h12-13,15H,4,6-11H2,1-3,5H3,(H3,19,20,21,22)/t15-/m0/s1. The summed E-state index contributed by atoms with van der Waals surface area (Å²) in [6.07, 6.45) is 8.37. The molecular weight excluding hydrogens is 288 g/mol. The molecular formula is C18H32N4O. The number of methoxy groups -OCH3 is 1. The van der Waals surface area contributed by atoms with Crippen LogP contribution < -0.4 is 15.8 Å². The normalized spacial score (nSPS) is 12.2. The monoisotopic (exact) mass is 320 g/mol. The van der Waals surface area contributed by atoms with Crippen molar-refractivity contribution in [1.82, 2.24) is 9.97 Å². The molecule has 0 radical (unpaired) electrons. The molecule has 0 saturated carbocycles. The van der Waals surface area contributed by atoms with Gasteiger partial charge in [0.05, 0.1) is 13.3 Å². The highest BCUT2D eigenvalue weighted by Gasteiger charge is 2.14. The Bertz CT molecular complexity index is 488. The summed E-state index contributed by atoms with van der Waals surface area (Å²) < 4.78 is 5.32. The van der Waals surface area contributed by atoms with E-state index in [-0.39, 0.29) is 5.95 Å². The van der Waals surface area contributed by atoms with Gasteiger partial charge in [-0.1, -0.05) is 45.8 Å². The summed E-state index contributed by atoms with van der Waals surface area (Å²) in [5, 5.41) is 3.49. The van der Waals surface area contributed by atoms with Gasteiger partial charge < -0.3 is 15.8 Å². The molecule has 1 heterocycles. The summed E-state index contributed by atoms with van der Waals surface area (Å²) >= 11 is 0. The van der Waals surface area contributed by atoms with Crippen molar-refractivity contribution in [1.29, 1.82) is 0 Å². The number of nitrogen functional groups attached to an aromatic ring is 1. The molecule has 23 heavy (non-hydrogen) atoms. The van der Waals surface area contributed by atoms with Crippen molar-refractivity contribution in [3.8, 4) is 5.75 Å². The number of rotatable bonds is 11. The quantitative estimate of drug-likeness (QED) is 0.590. The third-order valence-corrected chi connectivity index (χ3v) is 4.11. The molecule has 0 aliphatic heterocycles. The van der Waals surface area contributed by atoms with Crippen LogP contribution in [-0.2, 0) is 0 Å². The maximum atomic E-state index is 5.70. The third kappa shape index (κ3) is 6.89. The summed E-state index contributed by atoms with van der Waals surface area (Å²) in [7, 11) is 1.62. The van der Waals surface area contributed by atoms with Gasteiger partial charge in [-0.15, -0.1) is 0 Å². The molecule has 130 valence electrons. The van der Waals surface area contributed by atoms with E-state index in [9.17, 15) is 0 Å². The summed E-state index contributed by atoms with van der Waals surface area (Å²) in [5.74, 6) is 2.13. The molecule has 0 fully saturated rings. The number of unbranched alkanes of at least 4 members (excludes halogenated alkanes) is 1. The number of allylic oxidation sites excluding steroid dienone is 1. The van der Waals surface area contributed by atoms with Gasteiger partial charge in [0, 0.05) is 6.04 Å². The molecule has 0 spiro atoms. The van der Waals surface area contributed by atoms with Gasteiger partial charge in [-0.25, -0.2) is 4.98 Å². The number of nitrogens with zero attached hydrogens (tertiary/aromatic N) is 2. The van der Waals surface area contributed by atoms with Crippen LogP contribution in [0, 0.1) is 5.92 Å². The van der Waals surface area contributed by atoms with E-state index in [1.54, 1.807) is 13.3 Å². The third-order valence-electron chi connectivity index (χ3n) is 4.11. The Morgan fingerprint density at radius 3 is 2.65 bits per heavy atom.